The van der Waals surface area contributed by atoms with Crippen LogP contribution in [-0.2, 0) is 11.3 Å². The fourth-order valence-corrected chi connectivity index (χ4v) is 3.76. The van der Waals surface area contributed by atoms with Crippen molar-refractivity contribution >= 4 is 22.6 Å². The second-order valence-electron chi connectivity index (χ2n) is 7.67. The first-order valence-electron chi connectivity index (χ1n) is 10.2. The van der Waals surface area contributed by atoms with Gasteiger partial charge in [0.2, 0.25) is 5.91 Å². The summed E-state index contributed by atoms with van der Waals surface area (Å²) in [6.07, 6.45) is 2.86. The van der Waals surface area contributed by atoms with E-state index in [0.717, 1.165) is 16.8 Å². The van der Waals surface area contributed by atoms with Gasteiger partial charge in [0.1, 0.15) is 31.5 Å². The zero-order valence-corrected chi connectivity index (χ0v) is 17.7. The Kier molecular flexibility index (Phi) is 4.85. The number of hydrogen-bond acceptors (Lipinski definition) is 6. The van der Waals surface area contributed by atoms with E-state index in [2.05, 4.69) is 15.4 Å². The smallest absolute Gasteiger partial charge is 0.264 e. The number of aryl methyl sites for hydroxylation is 2. The van der Waals surface area contributed by atoms with Crippen LogP contribution in [0.15, 0.2) is 53.7 Å². The van der Waals surface area contributed by atoms with Crippen LogP contribution in [0.1, 0.15) is 11.1 Å². The van der Waals surface area contributed by atoms with Gasteiger partial charge in [0, 0.05) is 11.8 Å². The second kappa shape index (κ2) is 7.84. The van der Waals surface area contributed by atoms with Gasteiger partial charge < -0.3 is 14.8 Å². The van der Waals surface area contributed by atoms with E-state index < -0.39 is 0 Å². The lowest BCUT2D eigenvalue weighted by molar-refractivity contribution is -0.116. The fraction of sp³-hybridized carbons (Fsp3) is 0.217. The number of carbonyl (C=O) groups is 1. The molecular weight excluding hydrogens is 410 g/mol. The van der Waals surface area contributed by atoms with Crippen molar-refractivity contribution in [2.75, 3.05) is 18.5 Å². The molecule has 0 unspecified atom stereocenters. The molecule has 1 aliphatic rings. The van der Waals surface area contributed by atoms with Crippen LogP contribution >= 0.6 is 0 Å². The van der Waals surface area contributed by atoms with E-state index in [0.29, 0.717) is 41.4 Å². The maximum Gasteiger partial charge on any atom is 0.264 e. The molecule has 9 heteroatoms. The van der Waals surface area contributed by atoms with E-state index >= 15 is 0 Å². The molecule has 0 spiro atoms. The number of aromatic nitrogens is 4. The molecule has 0 atom stereocenters. The number of amides is 1. The summed E-state index contributed by atoms with van der Waals surface area (Å²) in [6, 6.07) is 11.1. The minimum Gasteiger partial charge on any atom is -0.486 e. The SMILES string of the molecule is Cc1ccc(-n2ncc3c(=O)n(CC(=O)Nc4ccc5c(c4)OCCO5)cnc32)c(C)c1. The molecule has 0 saturated carbocycles. The van der Waals surface area contributed by atoms with Crippen LogP contribution in [0.5, 0.6) is 11.5 Å². The highest BCUT2D eigenvalue weighted by atomic mass is 16.6. The number of anilines is 1. The third-order valence-electron chi connectivity index (χ3n) is 5.27. The molecule has 2 aromatic heterocycles. The predicted molar refractivity (Wildman–Crippen MR) is 119 cm³/mol. The van der Waals surface area contributed by atoms with Gasteiger partial charge in [-0.05, 0) is 37.6 Å². The fourth-order valence-electron chi connectivity index (χ4n) is 3.76. The molecule has 5 rings (SSSR count). The summed E-state index contributed by atoms with van der Waals surface area (Å²) in [5.41, 5.74) is 3.70. The standard InChI is InChI=1S/C23H21N5O4/c1-14-3-5-18(15(2)9-14)28-22-17(11-25-28)23(30)27(13-24-22)12-21(29)26-16-4-6-19-20(10-16)32-8-7-31-19/h3-6,9-11,13H,7-8,12H2,1-2H3,(H,26,29). The molecule has 0 bridgehead atoms. The monoisotopic (exact) mass is 431 g/mol. The molecule has 0 saturated heterocycles. The second-order valence-corrected chi connectivity index (χ2v) is 7.67. The van der Waals surface area contributed by atoms with Crippen molar-refractivity contribution in [1.82, 2.24) is 19.3 Å². The third-order valence-corrected chi connectivity index (χ3v) is 5.27. The number of carbonyl (C=O) groups excluding carboxylic acids is 1. The Labute approximate surface area is 183 Å². The largest absolute Gasteiger partial charge is 0.486 e. The van der Waals surface area contributed by atoms with E-state index in [1.54, 1.807) is 22.9 Å². The van der Waals surface area contributed by atoms with Gasteiger partial charge in [-0.1, -0.05) is 17.7 Å². The molecule has 0 fully saturated rings. The van der Waals surface area contributed by atoms with Gasteiger partial charge in [0.05, 0.1) is 11.9 Å². The first-order valence-corrected chi connectivity index (χ1v) is 10.2. The lowest BCUT2D eigenvalue weighted by Gasteiger charge is -2.19. The summed E-state index contributed by atoms with van der Waals surface area (Å²) in [5.74, 6) is 0.862. The normalized spacial score (nSPS) is 12.7. The molecule has 1 N–H and O–H groups in total. The molecule has 4 aromatic rings. The number of hydrogen-bond donors (Lipinski definition) is 1. The zero-order valence-electron chi connectivity index (χ0n) is 17.7. The molecule has 1 amide bonds. The van der Waals surface area contributed by atoms with Crippen molar-refractivity contribution in [3.8, 4) is 17.2 Å². The van der Waals surface area contributed by atoms with E-state index in [4.69, 9.17) is 9.47 Å². The van der Waals surface area contributed by atoms with Crippen molar-refractivity contribution in [2.45, 2.75) is 20.4 Å². The van der Waals surface area contributed by atoms with Crippen LogP contribution in [0, 0.1) is 13.8 Å². The van der Waals surface area contributed by atoms with Gasteiger partial charge in [0.15, 0.2) is 17.1 Å². The van der Waals surface area contributed by atoms with Gasteiger partial charge in [-0.15, -0.1) is 0 Å². The topological polar surface area (TPSA) is 100 Å². The zero-order chi connectivity index (χ0) is 22.2. The average Bonchev–Trinajstić information content (AvgIpc) is 3.20. The predicted octanol–water partition coefficient (Wildman–Crippen LogP) is 2.61. The Bertz CT molecular complexity index is 1410. The van der Waals surface area contributed by atoms with Crippen LogP contribution in [-0.4, -0.2) is 38.5 Å². The van der Waals surface area contributed by atoms with Crippen LogP contribution in [0.2, 0.25) is 0 Å². The number of fused-ring (bicyclic) bond motifs is 2. The first kappa shape index (κ1) is 19.8. The minimum atomic E-state index is -0.355. The molecule has 1 aliphatic heterocycles. The number of nitrogens with one attached hydrogen (secondary N) is 1. The lowest BCUT2D eigenvalue weighted by Crippen LogP contribution is -2.28. The lowest BCUT2D eigenvalue weighted by atomic mass is 10.1. The number of rotatable bonds is 4. The van der Waals surface area contributed by atoms with Crippen LogP contribution < -0.4 is 20.3 Å². The van der Waals surface area contributed by atoms with E-state index in [-0.39, 0.29) is 18.0 Å². The van der Waals surface area contributed by atoms with Crippen LogP contribution in [0.3, 0.4) is 0 Å². The van der Waals surface area contributed by atoms with E-state index in [1.807, 2.05) is 32.0 Å². The summed E-state index contributed by atoms with van der Waals surface area (Å²) < 4.78 is 13.9. The third kappa shape index (κ3) is 3.58. The Morgan fingerprint density at radius 2 is 1.91 bits per heavy atom. The summed E-state index contributed by atoms with van der Waals surface area (Å²) in [7, 11) is 0. The Hall–Kier alpha value is -4.14. The minimum absolute atomic E-state index is 0.176. The number of benzene rings is 2. The molecule has 2 aromatic carbocycles. The van der Waals surface area contributed by atoms with Crippen molar-refractivity contribution in [2.24, 2.45) is 0 Å². The molecule has 0 radical (unpaired) electrons. The van der Waals surface area contributed by atoms with Crippen LogP contribution in [0.25, 0.3) is 16.7 Å². The Balaban J connectivity index is 1.39. The number of nitrogens with zero attached hydrogens (tertiary/aromatic N) is 4. The van der Waals surface area contributed by atoms with Crippen LogP contribution in [0.4, 0.5) is 5.69 Å². The van der Waals surface area contributed by atoms with Gasteiger partial charge >= 0.3 is 0 Å². The van der Waals surface area contributed by atoms with Gasteiger partial charge in [0.25, 0.3) is 5.56 Å². The van der Waals surface area contributed by atoms with Crippen molar-refractivity contribution in [3.05, 3.63) is 70.4 Å². The molecular formula is C23H21N5O4. The summed E-state index contributed by atoms with van der Waals surface area (Å²) >= 11 is 0. The van der Waals surface area contributed by atoms with Gasteiger partial charge in [-0.3, -0.25) is 14.2 Å². The van der Waals surface area contributed by atoms with Crippen molar-refractivity contribution in [1.29, 1.82) is 0 Å². The van der Waals surface area contributed by atoms with Crippen molar-refractivity contribution < 1.29 is 14.3 Å². The first-order chi connectivity index (χ1) is 15.5. The van der Waals surface area contributed by atoms with E-state index in [9.17, 15) is 9.59 Å². The maximum absolute atomic E-state index is 12.9. The van der Waals surface area contributed by atoms with Crippen molar-refractivity contribution in [3.63, 3.8) is 0 Å². The van der Waals surface area contributed by atoms with E-state index in [1.165, 1.54) is 17.1 Å². The maximum atomic E-state index is 12.9. The molecule has 0 aliphatic carbocycles. The van der Waals surface area contributed by atoms with Gasteiger partial charge in [-0.2, -0.15) is 5.10 Å². The molecule has 32 heavy (non-hydrogen) atoms. The summed E-state index contributed by atoms with van der Waals surface area (Å²) in [6.45, 7) is 4.79. The molecule has 9 nitrogen and oxygen atoms in total. The Morgan fingerprint density at radius 3 is 2.72 bits per heavy atom. The molecule has 162 valence electrons. The summed E-state index contributed by atoms with van der Waals surface area (Å²) in [5, 5.41) is 7.48. The highest BCUT2D eigenvalue weighted by Gasteiger charge is 2.16. The highest BCUT2D eigenvalue weighted by molar-refractivity contribution is 5.91. The highest BCUT2D eigenvalue weighted by Crippen LogP contribution is 2.32. The number of ether oxygens (including phenoxy) is 2. The van der Waals surface area contributed by atoms with Gasteiger partial charge in [-0.25, -0.2) is 9.67 Å². The summed E-state index contributed by atoms with van der Waals surface area (Å²) in [4.78, 5) is 29.9. The Morgan fingerprint density at radius 1 is 1.09 bits per heavy atom. The average molecular weight is 431 g/mol. The molecule has 3 heterocycles. The quantitative estimate of drug-likeness (QED) is 0.533.